The second-order valence-electron chi connectivity index (χ2n) is 5.14. The van der Waals surface area contributed by atoms with Crippen molar-refractivity contribution in [1.82, 2.24) is 5.32 Å². The molecule has 2 N–H and O–H groups in total. The van der Waals surface area contributed by atoms with Crippen molar-refractivity contribution >= 4 is 68.4 Å². The van der Waals surface area contributed by atoms with Crippen LogP contribution in [0.15, 0.2) is 52.5 Å². The van der Waals surface area contributed by atoms with E-state index in [9.17, 15) is 14.7 Å². The van der Waals surface area contributed by atoms with Gasteiger partial charge in [0.25, 0.3) is 11.8 Å². The molecule has 2 amide bonds. The number of carbonyl (C=O) groups is 2. The molecular weight excluding hydrogens is 428 g/mol. The first-order valence-electron chi connectivity index (χ1n) is 7.02. The molecule has 1 heterocycles. The predicted octanol–water partition coefficient (Wildman–Crippen LogP) is 3.64. The van der Waals surface area contributed by atoms with Gasteiger partial charge in [-0.05, 0) is 54.7 Å². The first-order chi connectivity index (χ1) is 11.9. The van der Waals surface area contributed by atoms with E-state index < -0.39 is 11.8 Å². The van der Waals surface area contributed by atoms with Crippen LogP contribution in [-0.2, 0) is 9.59 Å². The second kappa shape index (κ2) is 6.95. The number of phenolic OH excluding ortho intramolecular Hbond substituents is 1. The number of thiocarbonyl (C=S) groups is 1. The van der Waals surface area contributed by atoms with E-state index in [-0.39, 0.29) is 22.0 Å². The Kier molecular flexibility index (Phi) is 4.89. The first kappa shape index (κ1) is 17.6. The fourth-order valence-electron chi connectivity index (χ4n) is 2.30. The van der Waals surface area contributed by atoms with Gasteiger partial charge in [-0.3, -0.25) is 19.8 Å². The molecule has 0 aliphatic carbocycles. The van der Waals surface area contributed by atoms with Crippen molar-refractivity contribution < 1.29 is 14.7 Å². The van der Waals surface area contributed by atoms with E-state index in [0.29, 0.717) is 10.7 Å². The van der Waals surface area contributed by atoms with Crippen LogP contribution in [0.1, 0.15) is 5.56 Å². The number of anilines is 1. The summed E-state index contributed by atoms with van der Waals surface area (Å²) in [5.41, 5.74) is 0.602. The Morgan fingerprint density at radius 3 is 2.68 bits per heavy atom. The third-order valence-corrected chi connectivity index (χ3v) is 4.47. The maximum atomic E-state index is 12.8. The summed E-state index contributed by atoms with van der Waals surface area (Å²) in [7, 11) is 0. The van der Waals surface area contributed by atoms with Gasteiger partial charge in [0.2, 0.25) is 0 Å². The molecule has 25 heavy (non-hydrogen) atoms. The average Bonchev–Trinajstić information content (AvgIpc) is 2.54. The number of aromatic hydroxyl groups is 1. The lowest BCUT2D eigenvalue weighted by atomic mass is 10.1. The Bertz CT molecular complexity index is 945. The van der Waals surface area contributed by atoms with Crippen molar-refractivity contribution in [2.45, 2.75) is 0 Å². The summed E-state index contributed by atoms with van der Waals surface area (Å²) in [6, 6.07) is 11.3. The number of nitrogens with one attached hydrogen (secondary N) is 1. The summed E-state index contributed by atoms with van der Waals surface area (Å²) < 4.78 is 0.760. The topological polar surface area (TPSA) is 69.6 Å². The van der Waals surface area contributed by atoms with Gasteiger partial charge < -0.3 is 5.11 Å². The van der Waals surface area contributed by atoms with Gasteiger partial charge >= 0.3 is 0 Å². The van der Waals surface area contributed by atoms with Gasteiger partial charge in [0.15, 0.2) is 5.11 Å². The van der Waals surface area contributed by atoms with Crippen molar-refractivity contribution in [2.75, 3.05) is 4.90 Å². The van der Waals surface area contributed by atoms with Gasteiger partial charge in [-0.15, -0.1) is 0 Å². The maximum absolute atomic E-state index is 12.8. The van der Waals surface area contributed by atoms with Crippen molar-refractivity contribution in [3.63, 3.8) is 0 Å². The van der Waals surface area contributed by atoms with E-state index in [1.807, 2.05) is 0 Å². The van der Waals surface area contributed by atoms with Crippen LogP contribution in [0.25, 0.3) is 6.08 Å². The molecule has 126 valence electrons. The van der Waals surface area contributed by atoms with E-state index in [1.54, 1.807) is 24.3 Å². The summed E-state index contributed by atoms with van der Waals surface area (Å²) in [5.74, 6) is -1.33. The maximum Gasteiger partial charge on any atom is 0.270 e. The summed E-state index contributed by atoms with van der Waals surface area (Å²) in [6.07, 6.45) is 1.28. The lowest BCUT2D eigenvalue weighted by Crippen LogP contribution is -2.54. The number of rotatable bonds is 2. The molecule has 0 unspecified atom stereocenters. The molecular formula is C17H10BrClN2O3S. The van der Waals surface area contributed by atoms with Crippen LogP contribution in [0.3, 0.4) is 0 Å². The summed E-state index contributed by atoms with van der Waals surface area (Å²) >= 11 is 14.4. The molecule has 1 saturated heterocycles. The normalized spacial score (nSPS) is 16.3. The highest BCUT2D eigenvalue weighted by Gasteiger charge is 2.34. The molecule has 2 aromatic rings. The van der Waals surface area contributed by atoms with Crippen molar-refractivity contribution in [3.05, 3.63) is 63.1 Å². The molecule has 0 spiro atoms. The van der Waals surface area contributed by atoms with Gasteiger partial charge in [0, 0.05) is 15.1 Å². The fourth-order valence-corrected chi connectivity index (χ4v) is 3.15. The fraction of sp³-hybridized carbons (Fsp3) is 0. The Morgan fingerprint density at radius 1 is 1.20 bits per heavy atom. The van der Waals surface area contributed by atoms with Gasteiger partial charge in [-0.25, -0.2) is 0 Å². The quantitative estimate of drug-likeness (QED) is 0.428. The Morgan fingerprint density at radius 2 is 1.96 bits per heavy atom. The molecule has 0 radical (unpaired) electrons. The van der Waals surface area contributed by atoms with E-state index in [1.165, 1.54) is 29.2 Å². The third kappa shape index (κ3) is 3.58. The van der Waals surface area contributed by atoms with Crippen LogP contribution >= 0.6 is 39.7 Å². The number of hydrogen-bond acceptors (Lipinski definition) is 4. The minimum atomic E-state index is -0.638. The second-order valence-corrected chi connectivity index (χ2v) is 6.88. The van der Waals surface area contributed by atoms with Crippen LogP contribution in [-0.4, -0.2) is 22.0 Å². The highest BCUT2D eigenvalue weighted by molar-refractivity contribution is 9.10. The van der Waals surface area contributed by atoms with Crippen LogP contribution in [0.2, 0.25) is 5.02 Å². The predicted molar refractivity (Wildman–Crippen MR) is 103 cm³/mol. The Balaban J connectivity index is 2.07. The van der Waals surface area contributed by atoms with Gasteiger partial charge in [-0.1, -0.05) is 33.6 Å². The molecule has 3 rings (SSSR count). The van der Waals surface area contributed by atoms with Crippen LogP contribution in [0.5, 0.6) is 5.75 Å². The van der Waals surface area contributed by atoms with Gasteiger partial charge in [0.05, 0.1) is 5.69 Å². The lowest BCUT2D eigenvalue weighted by molar-refractivity contribution is -0.122. The molecule has 2 aromatic carbocycles. The van der Waals surface area contributed by atoms with E-state index in [0.717, 1.165) is 4.47 Å². The summed E-state index contributed by atoms with van der Waals surface area (Å²) in [4.78, 5) is 26.3. The monoisotopic (exact) mass is 436 g/mol. The SMILES string of the molecule is O=C1NC(=S)N(c2cccc(Br)c2)C(=O)/C1=C\c1cc(Cl)ccc1O. The molecule has 1 aliphatic heterocycles. The number of nitrogens with zero attached hydrogens (tertiary/aromatic N) is 1. The Labute approximate surface area is 162 Å². The smallest absolute Gasteiger partial charge is 0.270 e. The highest BCUT2D eigenvalue weighted by Crippen LogP contribution is 2.27. The molecule has 1 fully saturated rings. The molecule has 5 nitrogen and oxygen atoms in total. The van der Waals surface area contributed by atoms with E-state index >= 15 is 0 Å². The molecule has 0 saturated carbocycles. The lowest BCUT2D eigenvalue weighted by Gasteiger charge is -2.29. The molecule has 0 atom stereocenters. The third-order valence-electron chi connectivity index (χ3n) is 3.46. The average molecular weight is 438 g/mol. The Hall–Kier alpha value is -2.22. The summed E-state index contributed by atoms with van der Waals surface area (Å²) in [6.45, 7) is 0. The van der Waals surface area contributed by atoms with Gasteiger partial charge in [-0.2, -0.15) is 0 Å². The van der Waals surface area contributed by atoms with Crippen molar-refractivity contribution in [3.8, 4) is 5.75 Å². The zero-order chi connectivity index (χ0) is 18.1. The molecule has 8 heteroatoms. The number of phenols is 1. The number of hydrogen-bond donors (Lipinski definition) is 2. The van der Waals surface area contributed by atoms with Crippen molar-refractivity contribution in [1.29, 1.82) is 0 Å². The van der Waals surface area contributed by atoms with Gasteiger partial charge in [0.1, 0.15) is 11.3 Å². The van der Waals surface area contributed by atoms with Crippen LogP contribution in [0, 0.1) is 0 Å². The largest absolute Gasteiger partial charge is 0.507 e. The van der Waals surface area contributed by atoms with Crippen LogP contribution in [0.4, 0.5) is 5.69 Å². The van der Waals surface area contributed by atoms with Crippen LogP contribution < -0.4 is 10.2 Å². The molecule has 1 aliphatic rings. The number of amides is 2. The summed E-state index contributed by atoms with van der Waals surface area (Å²) in [5, 5.41) is 12.8. The van der Waals surface area contributed by atoms with E-state index in [4.69, 9.17) is 23.8 Å². The zero-order valence-corrected chi connectivity index (χ0v) is 15.7. The first-order valence-corrected chi connectivity index (χ1v) is 8.60. The molecule has 0 aromatic heterocycles. The standard InChI is InChI=1S/C17H10BrClN2O3S/c18-10-2-1-3-12(8-10)21-16(24)13(15(23)20-17(21)25)7-9-6-11(19)4-5-14(9)22/h1-8,22H,(H,20,23,25)/b13-7-. The molecule has 0 bridgehead atoms. The minimum Gasteiger partial charge on any atom is -0.507 e. The van der Waals surface area contributed by atoms with Crippen molar-refractivity contribution in [2.24, 2.45) is 0 Å². The number of halogens is 2. The number of carbonyl (C=O) groups excluding carboxylic acids is 2. The highest BCUT2D eigenvalue weighted by atomic mass is 79.9. The zero-order valence-electron chi connectivity index (χ0n) is 12.5. The number of benzene rings is 2. The minimum absolute atomic E-state index is 0.0134. The van der Waals surface area contributed by atoms with E-state index in [2.05, 4.69) is 21.2 Å².